The van der Waals surface area contributed by atoms with E-state index in [1.807, 2.05) is 13.8 Å². The zero-order chi connectivity index (χ0) is 13.7. The Kier molecular flexibility index (Phi) is 5.55. The number of urea groups is 1. The van der Waals surface area contributed by atoms with E-state index >= 15 is 0 Å². The number of carbonyl (C=O) groups excluding carboxylic acids is 1. The Morgan fingerprint density at radius 2 is 2.22 bits per heavy atom. The highest BCUT2D eigenvalue weighted by molar-refractivity contribution is 7.11. The Hall–Kier alpha value is -1.14. The first-order valence-electron chi connectivity index (χ1n) is 6.00. The van der Waals surface area contributed by atoms with Crippen LogP contribution in [-0.4, -0.2) is 47.3 Å². The molecule has 0 radical (unpaired) electrons. The summed E-state index contributed by atoms with van der Waals surface area (Å²) in [7, 11) is 1.67. The highest BCUT2D eigenvalue weighted by Crippen LogP contribution is 2.16. The van der Waals surface area contributed by atoms with Gasteiger partial charge in [0.25, 0.3) is 0 Å². The number of aryl methyl sites for hydroxylation is 2. The molecule has 2 N–H and O–H groups in total. The van der Waals surface area contributed by atoms with Crippen LogP contribution in [0.15, 0.2) is 0 Å². The normalized spacial score (nSPS) is 12.3. The molecule has 1 aromatic rings. The molecule has 0 aliphatic rings. The summed E-state index contributed by atoms with van der Waals surface area (Å²) in [5, 5.41) is 12.8. The molecule has 0 saturated heterocycles. The average molecular weight is 271 g/mol. The summed E-state index contributed by atoms with van der Waals surface area (Å²) >= 11 is 1.67. The fraction of sp³-hybridized carbons (Fsp3) is 0.667. The molecule has 1 aromatic heterocycles. The predicted octanol–water partition coefficient (Wildman–Crippen LogP) is 1.32. The molecule has 1 atom stereocenters. The molecule has 0 bridgehead atoms. The summed E-state index contributed by atoms with van der Waals surface area (Å²) in [6, 6.07) is -0.337. The van der Waals surface area contributed by atoms with E-state index in [0.717, 1.165) is 17.1 Å². The Morgan fingerprint density at radius 3 is 2.72 bits per heavy atom. The summed E-state index contributed by atoms with van der Waals surface area (Å²) in [6.07, 6.45) is 0.742. The van der Waals surface area contributed by atoms with Crippen LogP contribution < -0.4 is 5.32 Å². The third-order valence-corrected chi connectivity index (χ3v) is 4.07. The molecule has 0 saturated carbocycles. The SMILES string of the molecule is Cc1nc(CCNC(=O)N(C)C(C)CO)sc1C. The van der Waals surface area contributed by atoms with E-state index in [9.17, 15) is 4.79 Å². The number of carbonyl (C=O) groups is 1. The molecular formula is C12H21N3O2S. The van der Waals surface area contributed by atoms with Crippen molar-refractivity contribution in [2.24, 2.45) is 0 Å². The van der Waals surface area contributed by atoms with Crippen molar-refractivity contribution < 1.29 is 9.90 Å². The van der Waals surface area contributed by atoms with E-state index in [1.54, 1.807) is 25.3 Å². The number of rotatable bonds is 5. The highest BCUT2D eigenvalue weighted by Gasteiger charge is 2.14. The number of amides is 2. The predicted molar refractivity (Wildman–Crippen MR) is 73.0 cm³/mol. The van der Waals surface area contributed by atoms with E-state index in [-0.39, 0.29) is 18.7 Å². The lowest BCUT2D eigenvalue weighted by molar-refractivity contribution is 0.157. The first-order valence-corrected chi connectivity index (χ1v) is 6.81. The molecule has 102 valence electrons. The van der Waals surface area contributed by atoms with Crippen LogP contribution in [0.2, 0.25) is 0 Å². The van der Waals surface area contributed by atoms with Gasteiger partial charge < -0.3 is 15.3 Å². The molecule has 1 heterocycles. The van der Waals surface area contributed by atoms with Crippen LogP contribution in [0.1, 0.15) is 22.5 Å². The number of likely N-dealkylation sites (N-methyl/N-ethyl adjacent to an activating group) is 1. The second-order valence-electron chi connectivity index (χ2n) is 4.37. The van der Waals surface area contributed by atoms with Gasteiger partial charge in [0, 0.05) is 24.9 Å². The molecule has 0 spiro atoms. The van der Waals surface area contributed by atoms with Gasteiger partial charge in [-0.2, -0.15) is 0 Å². The quantitative estimate of drug-likeness (QED) is 0.849. The lowest BCUT2D eigenvalue weighted by atomic mass is 10.3. The van der Waals surface area contributed by atoms with Gasteiger partial charge in [0.2, 0.25) is 0 Å². The zero-order valence-corrected chi connectivity index (χ0v) is 12.2. The van der Waals surface area contributed by atoms with Gasteiger partial charge >= 0.3 is 6.03 Å². The average Bonchev–Trinajstić information content (AvgIpc) is 2.66. The van der Waals surface area contributed by atoms with E-state index in [0.29, 0.717) is 6.54 Å². The van der Waals surface area contributed by atoms with Crippen LogP contribution >= 0.6 is 11.3 Å². The Morgan fingerprint density at radius 1 is 1.56 bits per heavy atom. The molecule has 0 fully saturated rings. The molecule has 6 heteroatoms. The zero-order valence-electron chi connectivity index (χ0n) is 11.4. The summed E-state index contributed by atoms with van der Waals surface area (Å²) in [6.45, 7) is 6.37. The summed E-state index contributed by atoms with van der Waals surface area (Å²) in [4.78, 5) is 18.8. The number of thiazole rings is 1. The third-order valence-electron chi connectivity index (χ3n) is 2.93. The maximum absolute atomic E-state index is 11.7. The van der Waals surface area contributed by atoms with E-state index in [2.05, 4.69) is 10.3 Å². The molecule has 0 aliphatic heterocycles. The van der Waals surface area contributed by atoms with Crippen molar-refractivity contribution in [3.8, 4) is 0 Å². The van der Waals surface area contributed by atoms with Crippen LogP contribution in [-0.2, 0) is 6.42 Å². The van der Waals surface area contributed by atoms with Gasteiger partial charge in [0.15, 0.2) is 0 Å². The van der Waals surface area contributed by atoms with Gasteiger partial charge in [-0.15, -0.1) is 11.3 Å². The molecule has 1 unspecified atom stereocenters. The minimum atomic E-state index is -0.172. The Bertz CT molecular complexity index is 387. The van der Waals surface area contributed by atoms with Crippen molar-refractivity contribution in [3.05, 3.63) is 15.6 Å². The van der Waals surface area contributed by atoms with Crippen molar-refractivity contribution in [1.29, 1.82) is 0 Å². The molecule has 0 aromatic carbocycles. The number of aromatic nitrogens is 1. The third kappa shape index (κ3) is 3.96. The van der Waals surface area contributed by atoms with Crippen LogP contribution in [0, 0.1) is 13.8 Å². The van der Waals surface area contributed by atoms with E-state index in [1.165, 1.54) is 9.78 Å². The summed E-state index contributed by atoms with van der Waals surface area (Å²) in [5.41, 5.74) is 1.06. The maximum atomic E-state index is 11.7. The van der Waals surface area contributed by atoms with Crippen LogP contribution in [0.4, 0.5) is 4.79 Å². The first kappa shape index (κ1) is 14.9. The molecule has 2 amide bonds. The van der Waals surface area contributed by atoms with E-state index in [4.69, 9.17) is 5.11 Å². The molecule has 18 heavy (non-hydrogen) atoms. The van der Waals surface area contributed by atoms with Gasteiger partial charge in [-0.25, -0.2) is 9.78 Å². The molecular weight excluding hydrogens is 250 g/mol. The highest BCUT2D eigenvalue weighted by atomic mass is 32.1. The smallest absolute Gasteiger partial charge is 0.317 e. The van der Waals surface area contributed by atoms with E-state index < -0.39 is 0 Å². The monoisotopic (exact) mass is 271 g/mol. The van der Waals surface area contributed by atoms with Crippen molar-refractivity contribution in [2.45, 2.75) is 33.2 Å². The van der Waals surface area contributed by atoms with Gasteiger partial charge in [-0.1, -0.05) is 0 Å². The summed E-state index contributed by atoms with van der Waals surface area (Å²) in [5.74, 6) is 0. The fourth-order valence-corrected chi connectivity index (χ4v) is 2.30. The van der Waals surface area contributed by atoms with Crippen molar-refractivity contribution in [2.75, 3.05) is 20.2 Å². The maximum Gasteiger partial charge on any atom is 0.317 e. The van der Waals surface area contributed by atoms with Crippen LogP contribution in [0.25, 0.3) is 0 Å². The molecule has 5 nitrogen and oxygen atoms in total. The van der Waals surface area contributed by atoms with Crippen LogP contribution in [0.5, 0.6) is 0 Å². The fourth-order valence-electron chi connectivity index (χ4n) is 1.37. The number of hydrogen-bond donors (Lipinski definition) is 2. The number of aliphatic hydroxyl groups is 1. The second kappa shape index (κ2) is 6.70. The van der Waals surface area contributed by atoms with Crippen LogP contribution in [0.3, 0.4) is 0 Å². The topological polar surface area (TPSA) is 65.5 Å². The van der Waals surface area contributed by atoms with Gasteiger partial charge in [-0.3, -0.25) is 0 Å². The lowest BCUT2D eigenvalue weighted by Crippen LogP contribution is -2.44. The van der Waals surface area contributed by atoms with Gasteiger partial charge in [0.05, 0.1) is 23.4 Å². The standard InChI is InChI=1S/C12H21N3O2S/c1-8(7-16)15(4)12(17)13-6-5-11-14-9(2)10(3)18-11/h8,16H,5-7H2,1-4H3,(H,13,17). The Balaban J connectivity index is 2.35. The lowest BCUT2D eigenvalue weighted by Gasteiger charge is -2.23. The number of nitrogens with zero attached hydrogens (tertiary/aromatic N) is 2. The minimum absolute atomic E-state index is 0.0329. The largest absolute Gasteiger partial charge is 0.394 e. The van der Waals surface area contributed by atoms with Crippen molar-refractivity contribution in [1.82, 2.24) is 15.2 Å². The second-order valence-corrected chi connectivity index (χ2v) is 5.66. The first-order chi connectivity index (χ1) is 8.45. The van der Waals surface area contributed by atoms with Gasteiger partial charge in [0.1, 0.15) is 0 Å². The Labute approximate surface area is 112 Å². The number of nitrogens with one attached hydrogen (secondary N) is 1. The molecule has 0 aliphatic carbocycles. The molecule has 1 rings (SSSR count). The number of hydrogen-bond acceptors (Lipinski definition) is 4. The van der Waals surface area contributed by atoms with Crippen molar-refractivity contribution >= 4 is 17.4 Å². The van der Waals surface area contributed by atoms with Crippen molar-refractivity contribution in [3.63, 3.8) is 0 Å². The van der Waals surface area contributed by atoms with Gasteiger partial charge in [-0.05, 0) is 20.8 Å². The number of aliphatic hydroxyl groups excluding tert-OH is 1. The summed E-state index contributed by atoms with van der Waals surface area (Å²) < 4.78 is 0. The minimum Gasteiger partial charge on any atom is -0.394 e.